The number of anilines is 2. The van der Waals surface area contributed by atoms with Gasteiger partial charge in [-0.1, -0.05) is 19.1 Å². The lowest BCUT2D eigenvalue weighted by Gasteiger charge is -2.36. The predicted molar refractivity (Wildman–Crippen MR) is 139 cm³/mol. The third-order valence-corrected chi connectivity index (χ3v) is 6.34. The second kappa shape index (κ2) is 11.6. The predicted octanol–water partition coefficient (Wildman–Crippen LogP) is 5.55. The Morgan fingerprint density at radius 3 is 2.50 bits per heavy atom. The first-order valence-corrected chi connectivity index (χ1v) is 12.1. The Morgan fingerprint density at radius 2 is 1.82 bits per heavy atom. The van der Waals surface area contributed by atoms with Crippen LogP contribution in [0.3, 0.4) is 0 Å². The van der Waals surface area contributed by atoms with E-state index in [2.05, 4.69) is 22.0 Å². The molecule has 0 aliphatic carbocycles. The van der Waals surface area contributed by atoms with Crippen molar-refractivity contribution in [1.82, 2.24) is 4.90 Å². The second-order valence-electron chi connectivity index (χ2n) is 8.75. The Kier molecular flexibility index (Phi) is 8.21. The number of carbonyl (C=O) groups is 2. The molecule has 1 aliphatic rings. The number of nitrogens with one attached hydrogen (secondary N) is 1. The van der Waals surface area contributed by atoms with Crippen molar-refractivity contribution < 1.29 is 31.9 Å². The summed E-state index contributed by atoms with van der Waals surface area (Å²) >= 11 is 0. The van der Waals surface area contributed by atoms with Crippen molar-refractivity contribution in [1.29, 1.82) is 0 Å². The van der Waals surface area contributed by atoms with Crippen LogP contribution in [0.4, 0.5) is 24.5 Å². The molecule has 1 N–H and O–H groups in total. The number of halogens is 3. The average Bonchev–Trinajstić information content (AvgIpc) is 3.40. The first-order valence-electron chi connectivity index (χ1n) is 12.1. The first-order chi connectivity index (χ1) is 18.2. The zero-order valence-corrected chi connectivity index (χ0v) is 21.0. The van der Waals surface area contributed by atoms with E-state index in [9.17, 15) is 22.8 Å². The van der Waals surface area contributed by atoms with Gasteiger partial charge in [-0.25, -0.2) is 4.79 Å². The van der Waals surface area contributed by atoms with E-state index in [-0.39, 0.29) is 11.3 Å². The van der Waals surface area contributed by atoms with Crippen LogP contribution in [0, 0.1) is 0 Å². The van der Waals surface area contributed by atoms with Crippen LogP contribution in [-0.2, 0) is 15.7 Å². The number of esters is 1. The SMILES string of the molecule is CCN1CCN(c2ccc(C(=O)OC)cc2NC(=O)/C=C/c2ccc(-c3cccc(C(F)(F)F)c3)o2)CC1. The maximum Gasteiger partial charge on any atom is 0.416 e. The maximum atomic E-state index is 13.0. The topological polar surface area (TPSA) is 75.0 Å². The number of methoxy groups -OCH3 is 1. The van der Waals surface area contributed by atoms with Gasteiger partial charge < -0.3 is 24.3 Å². The number of rotatable bonds is 7. The van der Waals surface area contributed by atoms with Gasteiger partial charge in [0, 0.05) is 37.8 Å². The van der Waals surface area contributed by atoms with E-state index in [0.717, 1.165) is 50.5 Å². The van der Waals surface area contributed by atoms with Crippen molar-refractivity contribution in [3.8, 4) is 11.3 Å². The normalized spacial score (nSPS) is 14.6. The lowest BCUT2D eigenvalue weighted by molar-refractivity contribution is -0.137. The molecule has 4 rings (SSSR count). The number of piperazine rings is 1. The number of ether oxygens (including phenoxy) is 1. The summed E-state index contributed by atoms with van der Waals surface area (Å²) in [5, 5.41) is 2.83. The summed E-state index contributed by atoms with van der Waals surface area (Å²) in [6, 6.07) is 13.0. The van der Waals surface area contributed by atoms with E-state index < -0.39 is 23.6 Å². The largest absolute Gasteiger partial charge is 0.465 e. The van der Waals surface area contributed by atoms with Crippen molar-refractivity contribution in [3.05, 3.63) is 77.6 Å². The fraction of sp³-hybridized carbons (Fsp3) is 0.286. The number of hydrogen-bond donors (Lipinski definition) is 1. The summed E-state index contributed by atoms with van der Waals surface area (Å²) in [6.45, 7) is 6.39. The molecule has 3 aromatic rings. The van der Waals surface area contributed by atoms with Crippen LogP contribution in [0.1, 0.15) is 28.6 Å². The van der Waals surface area contributed by atoms with Crippen molar-refractivity contribution in [2.45, 2.75) is 13.1 Å². The van der Waals surface area contributed by atoms with Crippen LogP contribution < -0.4 is 10.2 Å². The summed E-state index contributed by atoms with van der Waals surface area (Å²) in [7, 11) is 1.29. The number of amides is 1. The third kappa shape index (κ3) is 6.44. The highest BCUT2D eigenvalue weighted by molar-refractivity contribution is 6.04. The molecule has 38 heavy (non-hydrogen) atoms. The van der Waals surface area contributed by atoms with E-state index in [1.807, 2.05) is 0 Å². The molecule has 7 nitrogen and oxygen atoms in total. The molecular formula is C28H28F3N3O4. The molecule has 10 heteroatoms. The van der Waals surface area contributed by atoms with Crippen molar-refractivity contribution >= 4 is 29.3 Å². The van der Waals surface area contributed by atoms with Crippen LogP contribution in [0.5, 0.6) is 0 Å². The molecule has 2 heterocycles. The molecular weight excluding hydrogens is 499 g/mol. The number of hydrogen-bond acceptors (Lipinski definition) is 6. The number of benzene rings is 2. The standard InChI is InChI=1S/C28H28F3N3O4/c1-3-33-13-15-34(16-14-33)24-10-7-20(27(36)37-2)18-23(24)32-26(35)12-9-22-8-11-25(38-22)19-5-4-6-21(17-19)28(29,30)31/h4-12,17-18H,3,13-16H2,1-2H3,(H,32,35)/b12-9+. The van der Waals surface area contributed by atoms with Crippen LogP contribution in [0.15, 0.2) is 65.1 Å². The average molecular weight is 528 g/mol. The van der Waals surface area contributed by atoms with Crippen LogP contribution in [0.25, 0.3) is 17.4 Å². The molecule has 0 bridgehead atoms. The van der Waals surface area contributed by atoms with Gasteiger partial charge in [0.2, 0.25) is 5.91 Å². The molecule has 0 saturated carbocycles. The van der Waals surface area contributed by atoms with Crippen LogP contribution >= 0.6 is 0 Å². The molecule has 0 unspecified atom stereocenters. The zero-order chi connectivity index (χ0) is 27.3. The van der Waals surface area contributed by atoms with Crippen LogP contribution in [0.2, 0.25) is 0 Å². The summed E-state index contributed by atoms with van der Waals surface area (Å²) in [6.07, 6.45) is -1.77. The first kappa shape index (κ1) is 27.0. The van der Waals surface area contributed by atoms with E-state index in [0.29, 0.717) is 17.0 Å². The van der Waals surface area contributed by atoms with E-state index >= 15 is 0 Å². The van der Waals surface area contributed by atoms with Gasteiger partial charge in [-0.2, -0.15) is 13.2 Å². The van der Waals surface area contributed by atoms with Gasteiger partial charge in [0.25, 0.3) is 0 Å². The lowest BCUT2D eigenvalue weighted by atomic mass is 10.1. The lowest BCUT2D eigenvalue weighted by Crippen LogP contribution is -2.46. The molecule has 0 atom stereocenters. The quantitative estimate of drug-likeness (QED) is 0.321. The summed E-state index contributed by atoms with van der Waals surface area (Å²) in [5.41, 5.74) is 1.07. The fourth-order valence-corrected chi connectivity index (χ4v) is 4.24. The number of likely N-dealkylation sites (N-methyl/N-ethyl adjacent to an activating group) is 1. The van der Waals surface area contributed by atoms with Crippen molar-refractivity contribution in [3.63, 3.8) is 0 Å². The molecule has 1 aromatic heterocycles. The number of alkyl halides is 3. The Hall–Kier alpha value is -4.05. The number of carbonyl (C=O) groups excluding carboxylic acids is 2. The smallest absolute Gasteiger partial charge is 0.416 e. The molecule has 1 saturated heterocycles. The second-order valence-corrected chi connectivity index (χ2v) is 8.75. The van der Waals surface area contributed by atoms with Gasteiger partial charge in [-0.3, -0.25) is 4.79 Å². The number of nitrogens with zero attached hydrogens (tertiary/aromatic N) is 2. The molecule has 2 aromatic carbocycles. The molecule has 1 aliphatic heterocycles. The van der Waals surface area contributed by atoms with Crippen LogP contribution in [-0.4, -0.2) is 56.6 Å². The zero-order valence-electron chi connectivity index (χ0n) is 21.0. The Morgan fingerprint density at radius 1 is 1.05 bits per heavy atom. The third-order valence-electron chi connectivity index (χ3n) is 6.34. The van der Waals surface area contributed by atoms with Gasteiger partial charge in [-0.05, 0) is 55.1 Å². The van der Waals surface area contributed by atoms with Crippen molar-refractivity contribution in [2.75, 3.05) is 50.1 Å². The molecule has 0 radical (unpaired) electrons. The molecule has 1 fully saturated rings. The minimum Gasteiger partial charge on any atom is -0.465 e. The number of furan rings is 1. The molecule has 1 amide bonds. The Bertz CT molecular complexity index is 1320. The Labute approximate surface area is 218 Å². The fourth-order valence-electron chi connectivity index (χ4n) is 4.24. The highest BCUT2D eigenvalue weighted by Gasteiger charge is 2.30. The van der Waals surface area contributed by atoms with E-state index in [1.165, 1.54) is 31.4 Å². The summed E-state index contributed by atoms with van der Waals surface area (Å²) in [5.74, 6) is -0.434. The van der Waals surface area contributed by atoms with Gasteiger partial charge in [0.1, 0.15) is 11.5 Å². The molecule has 0 spiro atoms. The minimum atomic E-state index is -4.46. The summed E-state index contributed by atoms with van der Waals surface area (Å²) < 4.78 is 49.5. The van der Waals surface area contributed by atoms with Crippen molar-refractivity contribution in [2.24, 2.45) is 0 Å². The van der Waals surface area contributed by atoms with E-state index in [4.69, 9.17) is 9.15 Å². The van der Waals surface area contributed by atoms with Gasteiger partial charge in [0.15, 0.2) is 0 Å². The summed E-state index contributed by atoms with van der Waals surface area (Å²) in [4.78, 5) is 29.4. The molecule has 200 valence electrons. The minimum absolute atomic E-state index is 0.246. The maximum absolute atomic E-state index is 13.0. The van der Waals surface area contributed by atoms with Gasteiger partial charge >= 0.3 is 12.1 Å². The van der Waals surface area contributed by atoms with Gasteiger partial charge in [-0.15, -0.1) is 0 Å². The van der Waals surface area contributed by atoms with E-state index in [1.54, 1.807) is 30.3 Å². The highest BCUT2D eigenvalue weighted by Crippen LogP contribution is 2.33. The van der Waals surface area contributed by atoms with Gasteiger partial charge in [0.05, 0.1) is 29.6 Å². The highest BCUT2D eigenvalue weighted by atomic mass is 19.4. The monoisotopic (exact) mass is 527 g/mol. The Balaban J connectivity index is 1.50.